The van der Waals surface area contributed by atoms with Crippen LogP contribution in [0.5, 0.6) is 0 Å². The average Bonchev–Trinajstić information content (AvgIpc) is 2.69. The third-order valence-corrected chi connectivity index (χ3v) is 3.12. The molecule has 1 fully saturated rings. The summed E-state index contributed by atoms with van der Waals surface area (Å²) in [5.41, 5.74) is 0. The Balaban J connectivity index is 2.27. The maximum Gasteiger partial charge on any atom is 0.0726 e. The van der Waals surface area contributed by atoms with Crippen LogP contribution in [0.3, 0.4) is 0 Å². The van der Waals surface area contributed by atoms with Gasteiger partial charge in [-0.1, -0.05) is 0 Å². The molecule has 0 amide bonds. The first kappa shape index (κ1) is 12.0. The van der Waals surface area contributed by atoms with Crippen LogP contribution in [0.2, 0.25) is 0 Å². The van der Waals surface area contributed by atoms with E-state index in [0.29, 0.717) is 18.2 Å². The zero-order chi connectivity index (χ0) is 10.6. The van der Waals surface area contributed by atoms with Gasteiger partial charge in [0, 0.05) is 25.8 Å². The number of ether oxygens (including phenoxy) is 2. The normalized spacial score (nSPS) is 28.7. The summed E-state index contributed by atoms with van der Waals surface area (Å²) in [6, 6.07) is 0.796. The summed E-state index contributed by atoms with van der Waals surface area (Å²) in [6.07, 6.45) is 3.02. The van der Waals surface area contributed by atoms with E-state index in [1.54, 1.807) is 7.11 Å². The van der Waals surface area contributed by atoms with Gasteiger partial charge >= 0.3 is 0 Å². The van der Waals surface area contributed by atoms with Crippen molar-refractivity contribution in [2.24, 2.45) is 0 Å². The van der Waals surface area contributed by atoms with Gasteiger partial charge < -0.3 is 14.8 Å². The first-order valence-corrected chi connectivity index (χ1v) is 5.55. The lowest BCUT2D eigenvalue weighted by molar-refractivity contribution is 0.0532. The largest absolute Gasteiger partial charge is 0.380 e. The molecule has 0 aliphatic carbocycles. The van der Waals surface area contributed by atoms with Crippen LogP contribution in [0.25, 0.3) is 0 Å². The molecule has 3 heteroatoms. The van der Waals surface area contributed by atoms with Crippen molar-refractivity contribution < 1.29 is 9.47 Å². The summed E-state index contributed by atoms with van der Waals surface area (Å²) >= 11 is 0. The number of methoxy groups -OCH3 is 1. The first-order chi connectivity index (χ1) is 6.65. The summed E-state index contributed by atoms with van der Waals surface area (Å²) in [7, 11) is 1.75. The van der Waals surface area contributed by atoms with E-state index in [0.717, 1.165) is 6.61 Å². The minimum atomic E-state index is 0.249. The predicted octanol–water partition coefficient (Wildman–Crippen LogP) is 1.57. The molecule has 0 aromatic rings. The topological polar surface area (TPSA) is 30.5 Å². The minimum Gasteiger partial charge on any atom is -0.380 e. The van der Waals surface area contributed by atoms with Crippen molar-refractivity contribution in [1.29, 1.82) is 0 Å². The van der Waals surface area contributed by atoms with Crippen molar-refractivity contribution >= 4 is 0 Å². The molecule has 1 rings (SSSR count). The fraction of sp³-hybridized carbons (Fsp3) is 1.00. The zero-order valence-corrected chi connectivity index (χ0v) is 9.75. The Morgan fingerprint density at radius 1 is 1.36 bits per heavy atom. The number of rotatable bonds is 5. The van der Waals surface area contributed by atoms with Crippen LogP contribution in [0, 0.1) is 0 Å². The van der Waals surface area contributed by atoms with Gasteiger partial charge in [0.05, 0.1) is 12.2 Å². The molecule has 4 atom stereocenters. The van der Waals surface area contributed by atoms with Crippen molar-refractivity contribution in [3.05, 3.63) is 0 Å². The van der Waals surface area contributed by atoms with Crippen LogP contribution in [-0.2, 0) is 9.47 Å². The molecule has 0 saturated carbocycles. The van der Waals surface area contributed by atoms with Gasteiger partial charge in [0.15, 0.2) is 0 Å². The van der Waals surface area contributed by atoms with Crippen molar-refractivity contribution in [3.63, 3.8) is 0 Å². The molecule has 0 aromatic carbocycles. The van der Waals surface area contributed by atoms with Crippen molar-refractivity contribution in [2.45, 2.75) is 57.9 Å². The molecule has 0 spiro atoms. The van der Waals surface area contributed by atoms with Gasteiger partial charge in [0.1, 0.15) is 0 Å². The Bertz CT molecular complexity index is 157. The highest BCUT2D eigenvalue weighted by Crippen LogP contribution is 2.16. The molecular formula is C11H23NO2. The van der Waals surface area contributed by atoms with E-state index in [1.807, 2.05) is 0 Å². The molecule has 1 saturated heterocycles. The average molecular weight is 201 g/mol. The molecule has 1 heterocycles. The van der Waals surface area contributed by atoms with E-state index in [4.69, 9.17) is 9.47 Å². The molecule has 0 aromatic heterocycles. The van der Waals surface area contributed by atoms with Gasteiger partial charge in [0.2, 0.25) is 0 Å². The fourth-order valence-electron chi connectivity index (χ4n) is 1.86. The summed E-state index contributed by atoms with van der Waals surface area (Å²) < 4.78 is 10.9. The molecule has 14 heavy (non-hydrogen) atoms. The van der Waals surface area contributed by atoms with Crippen molar-refractivity contribution in [2.75, 3.05) is 13.7 Å². The summed E-state index contributed by atoms with van der Waals surface area (Å²) in [4.78, 5) is 0. The van der Waals surface area contributed by atoms with Crippen LogP contribution in [0.1, 0.15) is 33.6 Å². The minimum absolute atomic E-state index is 0.249. The predicted molar refractivity (Wildman–Crippen MR) is 57.5 cm³/mol. The molecule has 1 aliphatic rings. The Kier molecular flexibility index (Phi) is 4.85. The molecular weight excluding hydrogens is 178 g/mol. The van der Waals surface area contributed by atoms with Crippen LogP contribution >= 0.6 is 0 Å². The van der Waals surface area contributed by atoms with Crippen molar-refractivity contribution in [3.8, 4) is 0 Å². The third kappa shape index (κ3) is 3.23. The second-order valence-electron chi connectivity index (χ2n) is 4.24. The standard InChI is InChI=1S/C11H23NO2/c1-8(10(3)13-4)12-9(2)11-6-5-7-14-11/h8-12H,5-7H2,1-4H3. The van der Waals surface area contributed by atoms with Gasteiger partial charge in [-0.2, -0.15) is 0 Å². The highest BCUT2D eigenvalue weighted by Gasteiger charge is 2.24. The fourth-order valence-corrected chi connectivity index (χ4v) is 1.86. The number of hydrogen-bond acceptors (Lipinski definition) is 3. The highest BCUT2D eigenvalue weighted by molar-refractivity contribution is 4.80. The van der Waals surface area contributed by atoms with Crippen LogP contribution < -0.4 is 5.32 Å². The molecule has 84 valence electrons. The highest BCUT2D eigenvalue weighted by atomic mass is 16.5. The zero-order valence-electron chi connectivity index (χ0n) is 9.75. The number of hydrogen-bond donors (Lipinski definition) is 1. The Morgan fingerprint density at radius 2 is 2.07 bits per heavy atom. The Morgan fingerprint density at radius 3 is 2.57 bits per heavy atom. The van der Waals surface area contributed by atoms with Crippen LogP contribution in [-0.4, -0.2) is 38.0 Å². The van der Waals surface area contributed by atoms with Gasteiger partial charge in [-0.25, -0.2) is 0 Å². The molecule has 4 unspecified atom stereocenters. The molecule has 1 N–H and O–H groups in total. The van der Waals surface area contributed by atoms with E-state index in [-0.39, 0.29) is 6.10 Å². The number of nitrogens with one attached hydrogen (secondary N) is 1. The maximum atomic E-state index is 5.63. The Hall–Kier alpha value is -0.120. The second-order valence-corrected chi connectivity index (χ2v) is 4.24. The van der Waals surface area contributed by atoms with Crippen molar-refractivity contribution in [1.82, 2.24) is 5.32 Å². The SMILES string of the molecule is COC(C)C(C)NC(C)C1CCCO1. The third-order valence-electron chi connectivity index (χ3n) is 3.12. The molecule has 1 aliphatic heterocycles. The van der Waals surface area contributed by atoms with E-state index >= 15 is 0 Å². The molecule has 0 radical (unpaired) electrons. The van der Waals surface area contributed by atoms with Gasteiger partial charge in [-0.15, -0.1) is 0 Å². The summed E-state index contributed by atoms with van der Waals surface area (Å²) in [5.74, 6) is 0. The second kappa shape index (κ2) is 5.69. The lowest BCUT2D eigenvalue weighted by Gasteiger charge is -2.27. The van der Waals surface area contributed by atoms with Gasteiger partial charge in [-0.05, 0) is 33.6 Å². The van der Waals surface area contributed by atoms with Gasteiger partial charge in [-0.3, -0.25) is 0 Å². The van der Waals surface area contributed by atoms with E-state index in [2.05, 4.69) is 26.1 Å². The maximum absolute atomic E-state index is 5.63. The van der Waals surface area contributed by atoms with Crippen LogP contribution in [0.15, 0.2) is 0 Å². The Labute approximate surface area is 87.2 Å². The summed E-state index contributed by atoms with van der Waals surface area (Å²) in [5, 5.41) is 3.52. The monoisotopic (exact) mass is 201 g/mol. The van der Waals surface area contributed by atoms with E-state index in [1.165, 1.54) is 12.8 Å². The quantitative estimate of drug-likeness (QED) is 0.732. The van der Waals surface area contributed by atoms with Crippen LogP contribution in [0.4, 0.5) is 0 Å². The first-order valence-electron chi connectivity index (χ1n) is 5.55. The molecule has 3 nitrogen and oxygen atoms in total. The lowest BCUT2D eigenvalue weighted by atomic mass is 10.1. The molecule has 0 bridgehead atoms. The lowest BCUT2D eigenvalue weighted by Crippen LogP contribution is -2.46. The smallest absolute Gasteiger partial charge is 0.0726 e. The van der Waals surface area contributed by atoms with E-state index in [9.17, 15) is 0 Å². The van der Waals surface area contributed by atoms with Gasteiger partial charge in [0.25, 0.3) is 0 Å². The van der Waals surface area contributed by atoms with E-state index < -0.39 is 0 Å². The summed E-state index contributed by atoms with van der Waals surface area (Å²) in [6.45, 7) is 7.35.